The van der Waals surface area contributed by atoms with Gasteiger partial charge in [-0.3, -0.25) is 4.79 Å². The first-order chi connectivity index (χ1) is 11.1. The molecule has 1 aromatic carbocycles. The molecule has 0 bridgehead atoms. The van der Waals surface area contributed by atoms with Crippen LogP contribution in [0.2, 0.25) is 0 Å². The number of ether oxygens (including phenoxy) is 1. The van der Waals surface area contributed by atoms with E-state index in [9.17, 15) is 9.90 Å². The van der Waals surface area contributed by atoms with Crippen LogP contribution in [0.1, 0.15) is 30.9 Å². The van der Waals surface area contributed by atoms with Gasteiger partial charge in [-0.2, -0.15) is 0 Å². The number of hydrogen-bond acceptors (Lipinski definition) is 3. The second-order valence-corrected chi connectivity index (χ2v) is 6.30. The van der Waals surface area contributed by atoms with Crippen molar-refractivity contribution >= 4 is 16.8 Å². The van der Waals surface area contributed by atoms with Crippen molar-refractivity contribution in [3.05, 3.63) is 35.5 Å². The van der Waals surface area contributed by atoms with E-state index in [1.54, 1.807) is 0 Å². The molecule has 3 N–H and O–H groups in total. The predicted molar refractivity (Wildman–Crippen MR) is 89.4 cm³/mol. The number of aromatic nitrogens is 1. The first-order valence-electron chi connectivity index (χ1n) is 8.26. The summed E-state index contributed by atoms with van der Waals surface area (Å²) in [7, 11) is 0. The van der Waals surface area contributed by atoms with Gasteiger partial charge in [0.1, 0.15) is 0 Å². The zero-order valence-corrected chi connectivity index (χ0v) is 13.5. The first kappa shape index (κ1) is 16.0. The van der Waals surface area contributed by atoms with Crippen LogP contribution in [0.5, 0.6) is 0 Å². The van der Waals surface area contributed by atoms with Crippen molar-refractivity contribution in [3.8, 4) is 0 Å². The number of carbonyl (C=O) groups is 1. The van der Waals surface area contributed by atoms with Crippen LogP contribution in [0.25, 0.3) is 10.9 Å². The number of H-pyrrole nitrogens is 1. The van der Waals surface area contributed by atoms with Crippen LogP contribution in [-0.2, 0) is 22.4 Å². The highest BCUT2D eigenvalue weighted by Crippen LogP contribution is 2.23. The average molecular weight is 316 g/mol. The number of aryl methyl sites for hydroxylation is 1. The fourth-order valence-electron chi connectivity index (χ4n) is 3.14. The van der Waals surface area contributed by atoms with E-state index in [-0.39, 0.29) is 12.5 Å². The molecule has 23 heavy (non-hydrogen) atoms. The molecule has 124 valence electrons. The average Bonchev–Trinajstić information content (AvgIpc) is 2.97. The van der Waals surface area contributed by atoms with E-state index in [1.807, 2.05) is 18.3 Å². The third-order valence-electron chi connectivity index (χ3n) is 4.66. The topological polar surface area (TPSA) is 74.3 Å². The number of nitrogens with one attached hydrogen (secondary N) is 2. The molecule has 1 aliphatic heterocycles. The largest absolute Gasteiger partial charge is 0.388 e. The molecule has 0 saturated carbocycles. The van der Waals surface area contributed by atoms with Gasteiger partial charge in [-0.15, -0.1) is 0 Å². The lowest BCUT2D eigenvalue weighted by atomic mass is 9.94. The number of rotatable bonds is 5. The maximum absolute atomic E-state index is 12.2. The number of aliphatic hydroxyl groups is 1. The molecule has 0 radical (unpaired) electrons. The lowest BCUT2D eigenvalue weighted by Gasteiger charge is -2.32. The molecular formula is C18H24N2O3. The van der Waals surface area contributed by atoms with Crippen molar-refractivity contribution in [2.75, 3.05) is 19.8 Å². The highest BCUT2D eigenvalue weighted by Gasteiger charge is 2.30. The predicted octanol–water partition coefficient (Wildman–Crippen LogP) is 1.93. The fraction of sp³-hybridized carbons (Fsp3) is 0.500. The van der Waals surface area contributed by atoms with Gasteiger partial charge in [0.05, 0.1) is 12.0 Å². The van der Waals surface area contributed by atoms with Crippen LogP contribution in [0.15, 0.2) is 24.4 Å². The SMILES string of the molecule is CCc1cccc2c(CC(=O)NCC3(O)CCOCC3)c[nH]c12. The number of aromatic amines is 1. The van der Waals surface area contributed by atoms with Gasteiger partial charge in [0.25, 0.3) is 0 Å². The summed E-state index contributed by atoms with van der Waals surface area (Å²) in [5.41, 5.74) is 2.53. The Morgan fingerprint density at radius 3 is 2.87 bits per heavy atom. The van der Waals surface area contributed by atoms with Gasteiger partial charge < -0.3 is 20.1 Å². The highest BCUT2D eigenvalue weighted by molar-refractivity contribution is 5.90. The summed E-state index contributed by atoms with van der Waals surface area (Å²) in [6.07, 6.45) is 4.32. The lowest BCUT2D eigenvalue weighted by molar-refractivity contribution is -0.123. The molecule has 0 unspecified atom stereocenters. The molecule has 2 aromatic rings. The van der Waals surface area contributed by atoms with Gasteiger partial charge in [0, 0.05) is 49.7 Å². The van der Waals surface area contributed by atoms with E-state index in [2.05, 4.69) is 23.3 Å². The number of amides is 1. The Morgan fingerprint density at radius 2 is 2.13 bits per heavy atom. The normalized spacial score (nSPS) is 17.3. The van der Waals surface area contributed by atoms with E-state index in [1.165, 1.54) is 5.56 Å². The quantitative estimate of drug-likeness (QED) is 0.789. The molecule has 2 heterocycles. The van der Waals surface area contributed by atoms with E-state index in [4.69, 9.17) is 4.74 Å². The number of fused-ring (bicyclic) bond motifs is 1. The molecule has 0 atom stereocenters. The zero-order chi connectivity index (χ0) is 16.3. The van der Waals surface area contributed by atoms with Gasteiger partial charge in [-0.25, -0.2) is 0 Å². The number of carbonyl (C=O) groups excluding carboxylic acids is 1. The van der Waals surface area contributed by atoms with Crippen molar-refractivity contribution in [1.29, 1.82) is 0 Å². The Hall–Kier alpha value is -1.85. The molecule has 1 aliphatic rings. The summed E-state index contributed by atoms with van der Waals surface area (Å²) in [6, 6.07) is 6.17. The van der Waals surface area contributed by atoms with Gasteiger partial charge >= 0.3 is 0 Å². The summed E-state index contributed by atoms with van der Waals surface area (Å²) < 4.78 is 5.25. The van der Waals surface area contributed by atoms with Gasteiger partial charge in [0.15, 0.2) is 0 Å². The van der Waals surface area contributed by atoms with E-state index < -0.39 is 5.60 Å². The minimum Gasteiger partial charge on any atom is -0.388 e. The molecule has 5 heteroatoms. The summed E-state index contributed by atoms with van der Waals surface area (Å²) >= 11 is 0. The molecule has 5 nitrogen and oxygen atoms in total. The van der Waals surface area contributed by atoms with Crippen molar-refractivity contribution in [2.45, 2.75) is 38.2 Å². The third-order valence-corrected chi connectivity index (χ3v) is 4.66. The Labute approximate surface area is 136 Å². The van der Waals surface area contributed by atoms with Crippen molar-refractivity contribution in [1.82, 2.24) is 10.3 Å². The van der Waals surface area contributed by atoms with Crippen LogP contribution in [0, 0.1) is 0 Å². The zero-order valence-electron chi connectivity index (χ0n) is 13.5. The minimum absolute atomic E-state index is 0.0623. The Morgan fingerprint density at radius 1 is 1.35 bits per heavy atom. The van der Waals surface area contributed by atoms with Crippen LogP contribution in [0.3, 0.4) is 0 Å². The van der Waals surface area contributed by atoms with Gasteiger partial charge in [-0.1, -0.05) is 25.1 Å². The van der Waals surface area contributed by atoms with Crippen LogP contribution >= 0.6 is 0 Å². The van der Waals surface area contributed by atoms with Crippen molar-refractivity contribution in [3.63, 3.8) is 0 Å². The summed E-state index contributed by atoms with van der Waals surface area (Å²) in [5, 5.41) is 14.4. The second-order valence-electron chi connectivity index (χ2n) is 6.30. The smallest absolute Gasteiger partial charge is 0.224 e. The molecule has 1 saturated heterocycles. The number of hydrogen-bond donors (Lipinski definition) is 3. The van der Waals surface area contributed by atoms with Gasteiger partial charge in [0.2, 0.25) is 5.91 Å². The lowest BCUT2D eigenvalue weighted by Crippen LogP contribution is -2.46. The molecule has 0 aliphatic carbocycles. The molecule has 1 aromatic heterocycles. The van der Waals surface area contributed by atoms with Crippen LogP contribution in [0.4, 0.5) is 0 Å². The van der Waals surface area contributed by atoms with Gasteiger partial charge in [-0.05, 0) is 17.5 Å². The molecular weight excluding hydrogens is 292 g/mol. The van der Waals surface area contributed by atoms with Crippen LogP contribution in [-0.4, -0.2) is 41.4 Å². The number of benzene rings is 1. The third kappa shape index (κ3) is 3.57. The maximum Gasteiger partial charge on any atom is 0.224 e. The highest BCUT2D eigenvalue weighted by atomic mass is 16.5. The van der Waals surface area contributed by atoms with Crippen molar-refractivity contribution in [2.24, 2.45) is 0 Å². The molecule has 0 spiro atoms. The monoisotopic (exact) mass is 316 g/mol. The Bertz CT molecular complexity index is 687. The van der Waals surface area contributed by atoms with E-state index >= 15 is 0 Å². The first-order valence-corrected chi connectivity index (χ1v) is 8.26. The van der Waals surface area contributed by atoms with E-state index in [0.29, 0.717) is 32.5 Å². The molecule has 3 rings (SSSR count). The number of para-hydroxylation sites is 1. The maximum atomic E-state index is 12.2. The summed E-state index contributed by atoms with van der Waals surface area (Å²) in [5.74, 6) is -0.0623. The summed E-state index contributed by atoms with van der Waals surface area (Å²) in [4.78, 5) is 15.5. The standard InChI is InChI=1S/C18H24N2O3/c1-2-13-4-3-5-15-14(11-19-17(13)15)10-16(21)20-12-18(22)6-8-23-9-7-18/h3-5,11,19,22H,2,6-10,12H2,1H3,(H,20,21). The molecule has 1 amide bonds. The molecule has 1 fully saturated rings. The Balaban J connectivity index is 1.64. The second kappa shape index (κ2) is 6.72. The Kier molecular flexibility index (Phi) is 4.68. The van der Waals surface area contributed by atoms with E-state index in [0.717, 1.165) is 22.9 Å². The van der Waals surface area contributed by atoms with Crippen molar-refractivity contribution < 1.29 is 14.6 Å². The van der Waals surface area contributed by atoms with Crippen LogP contribution < -0.4 is 5.32 Å². The summed E-state index contributed by atoms with van der Waals surface area (Å²) in [6.45, 7) is 3.51. The minimum atomic E-state index is -0.830. The fourth-order valence-corrected chi connectivity index (χ4v) is 3.14.